The molecule has 0 aromatic rings. The average Bonchev–Trinajstić information content (AvgIpc) is 2.37. The number of carbonyl (C=O) groups is 1. The molecule has 0 fully saturated rings. The van der Waals surface area contributed by atoms with Gasteiger partial charge in [0, 0.05) is 31.9 Å². The molecule has 0 bridgehead atoms. The molecule has 20 heavy (non-hydrogen) atoms. The number of ether oxygens (including phenoxy) is 1. The lowest BCUT2D eigenvalue weighted by atomic mass is 10.2. The monoisotopic (exact) mass is 304 g/mol. The van der Waals surface area contributed by atoms with E-state index in [0.717, 1.165) is 0 Å². The Labute approximate surface area is 123 Å². The molecule has 0 rings (SSSR count). The Morgan fingerprint density at radius 2 is 1.60 bits per heavy atom. The summed E-state index contributed by atoms with van der Waals surface area (Å²) in [6, 6.07) is 0.644. The molecule has 0 amide bonds. The predicted molar refractivity (Wildman–Crippen MR) is 80.4 cm³/mol. The third-order valence-electron chi connectivity index (χ3n) is 2.50. The minimum Gasteiger partial charge on any atom is -0.462 e. The second-order valence-electron chi connectivity index (χ2n) is 4.42. The van der Waals surface area contributed by atoms with Gasteiger partial charge in [0.1, 0.15) is 0 Å². The van der Waals surface area contributed by atoms with Gasteiger partial charge in [-0.2, -0.15) is 0 Å². The molecular formula is C14H28O5Si. The van der Waals surface area contributed by atoms with Crippen molar-refractivity contribution in [3.63, 3.8) is 0 Å². The van der Waals surface area contributed by atoms with E-state index < -0.39 is 8.80 Å². The largest absolute Gasteiger partial charge is 0.501 e. The molecule has 0 N–H and O–H groups in total. The summed E-state index contributed by atoms with van der Waals surface area (Å²) >= 11 is 0. The second kappa shape index (κ2) is 11.0. The van der Waals surface area contributed by atoms with Gasteiger partial charge < -0.3 is 18.0 Å². The molecule has 0 aliphatic carbocycles. The second-order valence-corrected chi connectivity index (χ2v) is 7.06. The van der Waals surface area contributed by atoms with E-state index in [0.29, 0.717) is 32.5 Å². The van der Waals surface area contributed by atoms with Crippen LogP contribution in [-0.2, 0) is 22.8 Å². The van der Waals surface area contributed by atoms with E-state index in [1.807, 2.05) is 27.7 Å². The highest BCUT2D eigenvalue weighted by Gasteiger charge is 2.41. The Hall–Kier alpha value is -0.693. The normalized spacial score (nSPS) is 13.7. The maximum atomic E-state index is 11.3. The lowest BCUT2D eigenvalue weighted by Crippen LogP contribution is -2.47. The van der Waals surface area contributed by atoms with Crippen LogP contribution in [0.2, 0.25) is 6.04 Å². The fourth-order valence-corrected chi connectivity index (χ4v) is 4.75. The SMILES string of the molecule is CC=CC(=O)OCC(C)C[Si](OCC)(OCC)OCC. The van der Waals surface area contributed by atoms with Crippen molar-refractivity contribution in [2.45, 2.75) is 40.7 Å². The quantitative estimate of drug-likeness (QED) is 0.334. The predicted octanol–water partition coefficient (Wildman–Crippen LogP) is 2.79. The minimum atomic E-state index is -2.66. The Kier molecular flexibility index (Phi) is 10.6. The lowest BCUT2D eigenvalue weighted by Gasteiger charge is -2.30. The molecule has 0 aliphatic heterocycles. The van der Waals surface area contributed by atoms with E-state index in [4.69, 9.17) is 18.0 Å². The van der Waals surface area contributed by atoms with Gasteiger partial charge in [-0.3, -0.25) is 0 Å². The van der Waals surface area contributed by atoms with Crippen LogP contribution in [0.25, 0.3) is 0 Å². The molecule has 0 aromatic carbocycles. The highest BCUT2D eigenvalue weighted by atomic mass is 28.4. The molecule has 0 saturated carbocycles. The van der Waals surface area contributed by atoms with Crippen LogP contribution in [0, 0.1) is 5.92 Å². The van der Waals surface area contributed by atoms with Crippen LogP contribution in [0.3, 0.4) is 0 Å². The van der Waals surface area contributed by atoms with E-state index in [1.165, 1.54) is 6.08 Å². The zero-order valence-electron chi connectivity index (χ0n) is 13.3. The zero-order valence-corrected chi connectivity index (χ0v) is 14.3. The van der Waals surface area contributed by atoms with Gasteiger partial charge in [-0.05, 0) is 33.6 Å². The Bertz CT molecular complexity index is 276. The molecule has 5 nitrogen and oxygen atoms in total. The van der Waals surface area contributed by atoms with Crippen molar-refractivity contribution in [2.75, 3.05) is 26.4 Å². The molecular weight excluding hydrogens is 276 g/mol. The van der Waals surface area contributed by atoms with Crippen LogP contribution < -0.4 is 0 Å². The first-order valence-electron chi connectivity index (χ1n) is 7.24. The topological polar surface area (TPSA) is 54.0 Å². The summed E-state index contributed by atoms with van der Waals surface area (Å²) in [5, 5.41) is 0. The van der Waals surface area contributed by atoms with Crippen LogP contribution in [-0.4, -0.2) is 41.2 Å². The fourth-order valence-electron chi connectivity index (χ4n) is 1.86. The summed E-state index contributed by atoms with van der Waals surface area (Å²) in [6.07, 6.45) is 3.07. The smallest absolute Gasteiger partial charge is 0.462 e. The fraction of sp³-hybridized carbons (Fsp3) is 0.786. The maximum absolute atomic E-state index is 11.3. The number of allylic oxidation sites excluding steroid dienone is 1. The minimum absolute atomic E-state index is 0.125. The van der Waals surface area contributed by atoms with Gasteiger partial charge in [0.15, 0.2) is 0 Å². The highest BCUT2D eigenvalue weighted by Crippen LogP contribution is 2.22. The van der Waals surface area contributed by atoms with Gasteiger partial charge in [0.05, 0.1) is 6.61 Å². The van der Waals surface area contributed by atoms with Crippen LogP contribution in [0.5, 0.6) is 0 Å². The third kappa shape index (κ3) is 7.79. The number of hydrogen-bond donors (Lipinski definition) is 0. The van der Waals surface area contributed by atoms with Crippen LogP contribution >= 0.6 is 0 Å². The van der Waals surface area contributed by atoms with Crippen molar-refractivity contribution in [3.8, 4) is 0 Å². The van der Waals surface area contributed by atoms with Crippen LogP contribution in [0.15, 0.2) is 12.2 Å². The summed E-state index contributed by atoms with van der Waals surface area (Å²) in [6.45, 7) is 11.6. The summed E-state index contributed by atoms with van der Waals surface area (Å²) < 4.78 is 22.5. The van der Waals surface area contributed by atoms with E-state index in [-0.39, 0.29) is 11.9 Å². The molecule has 0 radical (unpaired) electrons. The average molecular weight is 304 g/mol. The van der Waals surface area contributed by atoms with Crippen molar-refractivity contribution >= 4 is 14.8 Å². The van der Waals surface area contributed by atoms with Gasteiger partial charge >= 0.3 is 14.8 Å². The van der Waals surface area contributed by atoms with E-state index >= 15 is 0 Å². The van der Waals surface area contributed by atoms with Crippen molar-refractivity contribution in [1.82, 2.24) is 0 Å². The third-order valence-corrected chi connectivity index (χ3v) is 5.89. The Morgan fingerprint density at radius 3 is 2.00 bits per heavy atom. The molecule has 0 aromatic heterocycles. The number of esters is 1. The standard InChI is InChI=1S/C14H28O5Si/c1-6-10-14(15)16-11-13(5)12-20(17-7-2,18-8-3)19-9-4/h6,10,13H,7-9,11-12H2,1-5H3. The van der Waals surface area contributed by atoms with Gasteiger partial charge in [-0.15, -0.1) is 0 Å². The summed E-state index contributed by atoms with van der Waals surface area (Å²) in [7, 11) is -2.66. The van der Waals surface area contributed by atoms with Crippen molar-refractivity contribution in [1.29, 1.82) is 0 Å². The van der Waals surface area contributed by atoms with Gasteiger partial charge in [-0.25, -0.2) is 4.79 Å². The van der Waals surface area contributed by atoms with Crippen molar-refractivity contribution in [2.24, 2.45) is 5.92 Å². The first kappa shape index (κ1) is 19.3. The Balaban J connectivity index is 4.49. The number of rotatable bonds is 11. The first-order chi connectivity index (χ1) is 9.53. The molecule has 0 saturated heterocycles. The molecule has 0 heterocycles. The lowest BCUT2D eigenvalue weighted by molar-refractivity contribution is -0.138. The molecule has 6 heteroatoms. The first-order valence-corrected chi connectivity index (χ1v) is 9.18. The van der Waals surface area contributed by atoms with E-state index in [9.17, 15) is 4.79 Å². The molecule has 0 aliphatic rings. The molecule has 0 spiro atoms. The van der Waals surface area contributed by atoms with Gasteiger partial charge in [-0.1, -0.05) is 13.0 Å². The van der Waals surface area contributed by atoms with Crippen molar-refractivity contribution in [3.05, 3.63) is 12.2 Å². The summed E-state index contributed by atoms with van der Waals surface area (Å²) in [5.74, 6) is -0.198. The van der Waals surface area contributed by atoms with Gasteiger partial charge in [0.2, 0.25) is 0 Å². The highest BCUT2D eigenvalue weighted by molar-refractivity contribution is 6.60. The van der Waals surface area contributed by atoms with Crippen LogP contribution in [0.1, 0.15) is 34.6 Å². The Morgan fingerprint density at radius 1 is 1.10 bits per heavy atom. The van der Waals surface area contributed by atoms with Crippen molar-refractivity contribution < 1.29 is 22.8 Å². The van der Waals surface area contributed by atoms with Gasteiger partial charge in [0.25, 0.3) is 0 Å². The van der Waals surface area contributed by atoms with Crippen LogP contribution in [0.4, 0.5) is 0 Å². The molecule has 1 unspecified atom stereocenters. The summed E-state index contributed by atoms with van der Waals surface area (Å²) in [5.41, 5.74) is 0. The molecule has 1 atom stereocenters. The summed E-state index contributed by atoms with van der Waals surface area (Å²) in [4.78, 5) is 11.3. The number of carbonyl (C=O) groups excluding carboxylic acids is 1. The number of hydrogen-bond acceptors (Lipinski definition) is 5. The maximum Gasteiger partial charge on any atom is 0.501 e. The van der Waals surface area contributed by atoms with E-state index in [2.05, 4.69) is 0 Å². The molecule has 118 valence electrons. The van der Waals surface area contributed by atoms with E-state index in [1.54, 1.807) is 13.0 Å². The zero-order chi connectivity index (χ0) is 15.4.